The first-order chi connectivity index (χ1) is 10.2. The molecular weight excluding hydrogens is 280 g/mol. The number of aliphatic hydroxyl groups is 1. The normalized spacial score (nSPS) is 15.7. The summed E-state index contributed by atoms with van der Waals surface area (Å²) in [5.41, 5.74) is 2.19. The average Bonchev–Trinajstić information content (AvgIpc) is 3.30. The maximum absolute atomic E-state index is 10.3. The van der Waals surface area contributed by atoms with Crippen LogP contribution in [0.2, 0.25) is 0 Å². The van der Waals surface area contributed by atoms with Gasteiger partial charge in [-0.05, 0) is 49.6 Å². The maximum atomic E-state index is 10.3. The van der Waals surface area contributed by atoms with E-state index in [1.165, 1.54) is 10.5 Å². The Bertz CT molecular complexity index is 590. The number of rotatable bonds is 6. The van der Waals surface area contributed by atoms with Gasteiger partial charge in [-0.15, -0.1) is 11.8 Å². The molecule has 2 nitrogen and oxygen atoms in total. The summed E-state index contributed by atoms with van der Waals surface area (Å²) in [7, 11) is 0. The zero-order valence-electron chi connectivity index (χ0n) is 12.2. The van der Waals surface area contributed by atoms with Crippen molar-refractivity contribution in [3.63, 3.8) is 0 Å². The fraction of sp³-hybridized carbons (Fsp3) is 0.333. The third kappa shape index (κ3) is 4.26. The van der Waals surface area contributed by atoms with Crippen molar-refractivity contribution in [3.8, 4) is 5.75 Å². The first-order valence-electron chi connectivity index (χ1n) is 7.35. The smallest absolute Gasteiger partial charge is 0.119 e. The van der Waals surface area contributed by atoms with E-state index in [4.69, 9.17) is 4.74 Å². The molecule has 0 aliphatic heterocycles. The molecule has 2 aromatic carbocycles. The average molecular weight is 300 g/mol. The van der Waals surface area contributed by atoms with Crippen LogP contribution in [0, 0.1) is 6.92 Å². The van der Waals surface area contributed by atoms with Crippen molar-refractivity contribution in [1.29, 1.82) is 0 Å². The van der Waals surface area contributed by atoms with Gasteiger partial charge in [-0.2, -0.15) is 0 Å². The summed E-state index contributed by atoms with van der Waals surface area (Å²) in [4.78, 5) is 1.20. The molecule has 110 valence electrons. The highest BCUT2D eigenvalue weighted by Crippen LogP contribution is 2.29. The van der Waals surface area contributed by atoms with Crippen LogP contribution in [0.5, 0.6) is 5.75 Å². The molecule has 0 aromatic heterocycles. The van der Waals surface area contributed by atoms with E-state index in [0.717, 1.165) is 24.2 Å². The van der Waals surface area contributed by atoms with Crippen molar-refractivity contribution in [1.82, 2.24) is 0 Å². The van der Waals surface area contributed by atoms with E-state index in [-0.39, 0.29) is 0 Å². The Morgan fingerprint density at radius 1 is 1.19 bits per heavy atom. The number of aryl methyl sites for hydroxylation is 1. The molecule has 0 saturated heterocycles. The second kappa shape index (κ2) is 6.54. The Labute approximate surface area is 130 Å². The number of hydrogen-bond acceptors (Lipinski definition) is 3. The molecule has 21 heavy (non-hydrogen) atoms. The molecule has 0 radical (unpaired) electrons. The minimum atomic E-state index is -0.453. The van der Waals surface area contributed by atoms with Gasteiger partial charge in [0, 0.05) is 10.6 Å². The minimum Gasteiger partial charge on any atom is -0.490 e. The van der Waals surface area contributed by atoms with Crippen LogP contribution in [0.1, 0.15) is 30.1 Å². The predicted octanol–water partition coefficient (Wildman–Crippen LogP) is 4.36. The molecule has 0 heterocycles. The van der Waals surface area contributed by atoms with E-state index < -0.39 is 6.10 Å². The molecule has 0 amide bonds. The lowest BCUT2D eigenvalue weighted by atomic mass is 10.1. The molecule has 3 heteroatoms. The van der Waals surface area contributed by atoms with Gasteiger partial charge >= 0.3 is 0 Å². The lowest BCUT2D eigenvalue weighted by Gasteiger charge is -2.12. The van der Waals surface area contributed by atoms with E-state index >= 15 is 0 Å². The second-order valence-electron chi connectivity index (χ2n) is 5.53. The first-order valence-corrected chi connectivity index (χ1v) is 8.33. The van der Waals surface area contributed by atoms with E-state index in [1.807, 2.05) is 30.3 Å². The quantitative estimate of drug-likeness (QED) is 0.804. The van der Waals surface area contributed by atoms with Crippen LogP contribution < -0.4 is 4.74 Å². The summed E-state index contributed by atoms with van der Waals surface area (Å²) < 4.78 is 5.72. The monoisotopic (exact) mass is 300 g/mol. The Hall–Kier alpha value is -1.45. The zero-order chi connectivity index (χ0) is 14.7. The molecule has 1 aliphatic carbocycles. The number of aliphatic hydroxyl groups excluding tert-OH is 1. The van der Waals surface area contributed by atoms with Crippen LogP contribution in [-0.2, 0) is 0 Å². The number of ether oxygens (including phenoxy) is 1. The van der Waals surface area contributed by atoms with Crippen molar-refractivity contribution in [2.45, 2.75) is 36.9 Å². The van der Waals surface area contributed by atoms with Gasteiger partial charge in [0.05, 0.1) is 12.2 Å². The third-order valence-electron chi connectivity index (χ3n) is 3.49. The van der Waals surface area contributed by atoms with Gasteiger partial charge in [0.2, 0.25) is 0 Å². The third-order valence-corrected chi connectivity index (χ3v) is 4.56. The van der Waals surface area contributed by atoms with Crippen LogP contribution in [0.15, 0.2) is 53.4 Å². The van der Waals surface area contributed by atoms with Gasteiger partial charge in [-0.3, -0.25) is 0 Å². The van der Waals surface area contributed by atoms with Gasteiger partial charge in [-0.1, -0.05) is 29.8 Å². The molecule has 1 unspecified atom stereocenters. The summed E-state index contributed by atoms with van der Waals surface area (Å²) in [6, 6.07) is 16.2. The summed E-state index contributed by atoms with van der Waals surface area (Å²) in [5.74, 6) is 1.56. The molecule has 3 rings (SSSR count). The van der Waals surface area contributed by atoms with Crippen molar-refractivity contribution in [3.05, 3.63) is 59.7 Å². The van der Waals surface area contributed by atoms with Gasteiger partial charge < -0.3 is 9.84 Å². The van der Waals surface area contributed by atoms with Crippen LogP contribution in [0.3, 0.4) is 0 Å². The lowest BCUT2D eigenvalue weighted by Crippen LogP contribution is -2.01. The molecule has 1 saturated carbocycles. The van der Waals surface area contributed by atoms with E-state index in [1.54, 1.807) is 11.8 Å². The molecule has 1 N–H and O–H groups in total. The summed E-state index contributed by atoms with van der Waals surface area (Å²) >= 11 is 1.68. The molecule has 0 spiro atoms. The number of thioether (sulfide) groups is 1. The van der Waals surface area contributed by atoms with Crippen molar-refractivity contribution in [2.75, 3.05) is 5.75 Å². The number of hydrogen-bond donors (Lipinski definition) is 1. The predicted molar refractivity (Wildman–Crippen MR) is 87.0 cm³/mol. The van der Waals surface area contributed by atoms with E-state index in [2.05, 4.69) is 25.1 Å². The topological polar surface area (TPSA) is 29.5 Å². The Morgan fingerprint density at radius 2 is 1.95 bits per heavy atom. The van der Waals surface area contributed by atoms with Crippen molar-refractivity contribution < 1.29 is 9.84 Å². The summed E-state index contributed by atoms with van der Waals surface area (Å²) in [6.45, 7) is 2.08. The molecule has 1 aliphatic rings. The molecule has 2 aromatic rings. The molecule has 1 fully saturated rings. The highest BCUT2D eigenvalue weighted by atomic mass is 32.2. The van der Waals surface area contributed by atoms with E-state index in [9.17, 15) is 5.11 Å². The maximum Gasteiger partial charge on any atom is 0.119 e. The molecule has 0 bridgehead atoms. The van der Waals surface area contributed by atoms with Crippen LogP contribution in [-0.4, -0.2) is 17.0 Å². The summed E-state index contributed by atoms with van der Waals surface area (Å²) in [5, 5.41) is 10.3. The Kier molecular flexibility index (Phi) is 4.51. The Balaban J connectivity index is 1.55. The first kappa shape index (κ1) is 14.5. The van der Waals surface area contributed by atoms with Gasteiger partial charge in [0.25, 0.3) is 0 Å². The highest BCUT2D eigenvalue weighted by molar-refractivity contribution is 7.99. The molecular formula is C18H20O2S. The van der Waals surface area contributed by atoms with Crippen LogP contribution >= 0.6 is 11.8 Å². The fourth-order valence-electron chi connectivity index (χ4n) is 2.12. The lowest BCUT2D eigenvalue weighted by molar-refractivity contribution is 0.204. The number of benzene rings is 2. The largest absolute Gasteiger partial charge is 0.490 e. The van der Waals surface area contributed by atoms with E-state index in [0.29, 0.717) is 11.9 Å². The van der Waals surface area contributed by atoms with Crippen LogP contribution in [0.4, 0.5) is 0 Å². The van der Waals surface area contributed by atoms with Gasteiger partial charge in [0.15, 0.2) is 0 Å². The second-order valence-corrected chi connectivity index (χ2v) is 6.62. The zero-order valence-corrected chi connectivity index (χ0v) is 13.0. The van der Waals surface area contributed by atoms with Crippen molar-refractivity contribution in [2.24, 2.45) is 0 Å². The standard InChI is InChI=1S/C18H20O2S/c1-13-3-2-4-17(11-13)21-12-18(19)14-5-7-15(8-6-14)20-16-9-10-16/h2-8,11,16,18-19H,9-10,12H2,1H3. The van der Waals surface area contributed by atoms with Gasteiger partial charge in [-0.25, -0.2) is 0 Å². The van der Waals surface area contributed by atoms with Crippen molar-refractivity contribution >= 4 is 11.8 Å². The Morgan fingerprint density at radius 3 is 2.62 bits per heavy atom. The van der Waals surface area contributed by atoms with Crippen LogP contribution in [0.25, 0.3) is 0 Å². The molecule has 1 atom stereocenters. The summed E-state index contributed by atoms with van der Waals surface area (Å²) in [6.07, 6.45) is 2.29. The highest BCUT2D eigenvalue weighted by Gasteiger charge is 2.23. The SMILES string of the molecule is Cc1cccc(SCC(O)c2ccc(OC3CC3)cc2)c1. The minimum absolute atomic E-state index is 0.414. The fourth-order valence-corrected chi connectivity index (χ4v) is 3.11. The van der Waals surface area contributed by atoms with Gasteiger partial charge in [0.1, 0.15) is 5.75 Å².